The molecule has 2 aliphatic rings. The fourth-order valence-corrected chi connectivity index (χ4v) is 5.51. The SMILES string of the molecule is O=C(O)/C=C/c1ccc(/C(=C(\c2ccc(C(F)(F)F)cc2Cl)C2CCC2)c2ccc(N3CCOCC3)cc2)cc1. The van der Waals surface area contributed by atoms with Gasteiger partial charge in [0.2, 0.25) is 0 Å². The Morgan fingerprint density at radius 2 is 1.57 bits per heavy atom. The number of carboxylic acids is 1. The quantitative estimate of drug-likeness (QED) is 0.232. The second-order valence-electron chi connectivity index (χ2n) is 10.0. The Morgan fingerprint density at radius 1 is 0.950 bits per heavy atom. The minimum atomic E-state index is -4.49. The third-order valence-electron chi connectivity index (χ3n) is 7.52. The zero-order chi connectivity index (χ0) is 28.3. The molecule has 1 aliphatic heterocycles. The van der Waals surface area contributed by atoms with Crippen LogP contribution in [0, 0.1) is 5.92 Å². The van der Waals surface area contributed by atoms with Crippen molar-refractivity contribution in [1.82, 2.24) is 0 Å². The van der Waals surface area contributed by atoms with Gasteiger partial charge in [-0.15, -0.1) is 0 Å². The molecule has 0 aromatic heterocycles. The maximum Gasteiger partial charge on any atom is 0.416 e. The number of aliphatic carboxylic acids is 1. The van der Waals surface area contributed by atoms with Gasteiger partial charge in [-0.2, -0.15) is 13.2 Å². The molecule has 0 bridgehead atoms. The summed E-state index contributed by atoms with van der Waals surface area (Å²) < 4.78 is 45.8. The lowest BCUT2D eigenvalue weighted by atomic mass is 9.73. The minimum Gasteiger partial charge on any atom is -0.478 e. The van der Waals surface area contributed by atoms with Crippen LogP contribution in [0.25, 0.3) is 17.2 Å². The van der Waals surface area contributed by atoms with Crippen LogP contribution in [0.3, 0.4) is 0 Å². The van der Waals surface area contributed by atoms with Crippen molar-refractivity contribution in [3.05, 3.63) is 106 Å². The molecular formula is C32H29ClF3NO3. The standard InChI is InChI=1S/C32H29ClF3NO3/c33-28-20-25(32(34,35)36)11-14-27(28)31(22-2-1-3-22)30(23-7-4-21(5-8-23)6-15-29(38)39)24-9-12-26(13-10-24)37-16-18-40-19-17-37/h4-15,20,22H,1-3,16-19H2,(H,38,39)/b15-6+,31-30+. The number of nitrogens with zero attached hydrogens (tertiary/aromatic N) is 1. The molecule has 0 unspecified atom stereocenters. The number of alkyl halides is 3. The van der Waals surface area contributed by atoms with Crippen LogP contribution in [0.5, 0.6) is 0 Å². The lowest BCUT2D eigenvalue weighted by molar-refractivity contribution is -0.137. The number of rotatable bonds is 7. The van der Waals surface area contributed by atoms with Gasteiger partial charge in [0.15, 0.2) is 0 Å². The molecule has 5 rings (SSSR count). The van der Waals surface area contributed by atoms with Crippen molar-refractivity contribution in [3.63, 3.8) is 0 Å². The molecule has 2 fully saturated rings. The summed E-state index contributed by atoms with van der Waals surface area (Å²) in [6.45, 7) is 2.96. The first-order valence-electron chi connectivity index (χ1n) is 13.3. The van der Waals surface area contributed by atoms with Gasteiger partial charge in [0, 0.05) is 29.9 Å². The van der Waals surface area contributed by atoms with E-state index in [4.69, 9.17) is 21.4 Å². The minimum absolute atomic E-state index is 0.0696. The van der Waals surface area contributed by atoms with E-state index >= 15 is 0 Å². The largest absolute Gasteiger partial charge is 0.478 e. The number of hydrogen-bond acceptors (Lipinski definition) is 3. The van der Waals surface area contributed by atoms with Crippen molar-refractivity contribution in [1.29, 1.82) is 0 Å². The zero-order valence-corrected chi connectivity index (χ0v) is 22.5. The Bertz CT molecular complexity index is 1420. The van der Waals surface area contributed by atoms with Gasteiger partial charge in [-0.25, -0.2) is 4.79 Å². The van der Waals surface area contributed by atoms with Gasteiger partial charge in [0.1, 0.15) is 0 Å². The fourth-order valence-electron chi connectivity index (χ4n) is 5.23. The highest BCUT2D eigenvalue weighted by atomic mass is 35.5. The van der Waals surface area contributed by atoms with Crippen molar-refractivity contribution < 1.29 is 27.8 Å². The topological polar surface area (TPSA) is 49.8 Å². The lowest BCUT2D eigenvalue weighted by Gasteiger charge is -2.32. The number of anilines is 1. The summed E-state index contributed by atoms with van der Waals surface area (Å²) >= 11 is 6.58. The Morgan fingerprint density at radius 3 is 2.10 bits per heavy atom. The lowest BCUT2D eigenvalue weighted by Crippen LogP contribution is -2.36. The number of hydrogen-bond donors (Lipinski definition) is 1. The van der Waals surface area contributed by atoms with Gasteiger partial charge in [-0.3, -0.25) is 0 Å². The Hall–Kier alpha value is -3.55. The molecule has 0 radical (unpaired) electrons. The van der Waals surface area contributed by atoms with Crippen LogP contribution in [-0.4, -0.2) is 37.4 Å². The number of benzene rings is 3. The Labute approximate surface area is 236 Å². The number of carbonyl (C=O) groups is 1. The Balaban J connectivity index is 1.66. The molecular weight excluding hydrogens is 539 g/mol. The molecule has 208 valence electrons. The Kier molecular flexibility index (Phi) is 8.33. The first-order chi connectivity index (χ1) is 19.2. The van der Waals surface area contributed by atoms with E-state index in [2.05, 4.69) is 29.2 Å². The molecule has 1 N–H and O–H groups in total. The van der Waals surface area contributed by atoms with E-state index < -0.39 is 17.7 Å². The first-order valence-corrected chi connectivity index (χ1v) is 13.6. The predicted octanol–water partition coefficient (Wildman–Crippen LogP) is 8.05. The number of ether oxygens (including phenoxy) is 1. The highest BCUT2D eigenvalue weighted by Gasteiger charge is 2.33. The summed E-state index contributed by atoms with van der Waals surface area (Å²) in [4.78, 5) is 13.2. The molecule has 1 heterocycles. The molecule has 1 aliphatic carbocycles. The van der Waals surface area contributed by atoms with Gasteiger partial charge in [0.25, 0.3) is 0 Å². The molecule has 0 amide bonds. The van der Waals surface area contributed by atoms with Gasteiger partial charge in [-0.05, 0) is 82.5 Å². The third-order valence-corrected chi connectivity index (χ3v) is 7.83. The van der Waals surface area contributed by atoms with Crippen LogP contribution in [0.1, 0.15) is 47.1 Å². The summed E-state index contributed by atoms with van der Waals surface area (Å²) in [6.07, 6.45) is 0.988. The van der Waals surface area contributed by atoms with Gasteiger partial charge in [0.05, 0.1) is 18.8 Å². The molecule has 0 spiro atoms. The maximum atomic E-state index is 13.4. The summed E-state index contributed by atoms with van der Waals surface area (Å²) in [6, 6.07) is 19.3. The molecule has 8 heteroatoms. The summed E-state index contributed by atoms with van der Waals surface area (Å²) in [7, 11) is 0. The van der Waals surface area contributed by atoms with Gasteiger partial charge >= 0.3 is 12.1 Å². The van der Waals surface area contributed by atoms with Gasteiger partial charge in [-0.1, -0.05) is 60.5 Å². The average molecular weight is 568 g/mol. The van der Waals surface area contributed by atoms with Crippen molar-refractivity contribution in [2.45, 2.75) is 25.4 Å². The van der Waals surface area contributed by atoms with Crippen LogP contribution in [-0.2, 0) is 15.7 Å². The normalized spacial score (nSPS) is 17.1. The zero-order valence-electron chi connectivity index (χ0n) is 21.8. The van der Waals surface area contributed by atoms with Crippen LogP contribution in [0.2, 0.25) is 5.02 Å². The number of carboxylic acid groups (broad SMARTS) is 1. The average Bonchev–Trinajstić information content (AvgIpc) is 2.91. The molecule has 40 heavy (non-hydrogen) atoms. The van der Waals surface area contributed by atoms with Crippen LogP contribution < -0.4 is 4.90 Å². The summed E-state index contributed by atoms with van der Waals surface area (Å²) in [5.74, 6) is -0.885. The molecule has 3 aromatic carbocycles. The highest BCUT2D eigenvalue weighted by Crippen LogP contribution is 2.47. The predicted molar refractivity (Wildman–Crippen MR) is 152 cm³/mol. The van der Waals surface area contributed by atoms with Crippen LogP contribution >= 0.6 is 11.6 Å². The van der Waals surface area contributed by atoms with Crippen molar-refractivity contribution in [3.8, 4) is 0 Å². The first kappa shape index (κ1) is 28.0. The molecule has 1 saturated heterocycles. The number of allylic oxidation sites excluding steroid dienone is 1. The van der Waals surface area contributed by atoms with Crippen LogP contribution in [0.15, 0.2) is 72.8 Å². The van der Waals surface area contributed by atoms with Crippen molar-refractivity contribution in [2.75, 3.05) is 31.2 Å². The fraction of sp³-hybridized carbons (Fsp3) is 0.281. The number of halogens is 4. The molecule has 0 atom stereocenters. The molecule has 4 nitrogen and oxygen atoms in total. The second-order valence-corrected chi connectivity index (χ2v) is 10.5. The van der Waals surface area contributed by atoms with E-state index in [-0.39, 0.29) is 10.9 Å². The van der Waals surface area contributed by atoms with Gasteiger partial charge < -0.3 is 14.7 Å². The van der Waals surface area contributed by atoms with E-state index in [1.165, 1.54) is 12.1 Å². The molecule has 1 saturated carbocycles. The second kappa shape index (κ2) is 11.9. The van der Waals surface area contributed by atoms with E-state index in [0.29, 0.717) is 18.8 Å². The van der Waals surface area contributed by atoms with Crippen molar-refractivity contribution in [2.24, 2.45) is 5.92 Å². The van der Waals surface area contributed by atoms with Crippen molar-refractivity contribution >= 4 is 40.5 Å². The third kappa shape index (κ3) is 6.26. The highest BCUT2D eigenvalue weighted by molar-refractivity contribution is 6.33. The smallest absolute Gasteiger partial charge is 0.416 e. The van der Waals surface area contributed by atoms with E-state index in [1.807, 2.05) is 24.3 Å². The monoisotopic (exact) mass is 567 g/mol. The maximum absolute atomic E-state index is 13.4. The summed E-state index contributed by atoms with van der Waals surface area (Å²) in [5.41, 5.74) is 5.28. The van der Waals surface area contributed by atoms with E-state index in [9.17, 15) is 18.0 Å². The number of morpholine rings is 1. The van der Waals surface area contributed by atoms with E-state index in [0.717, 1.165) is 84.1 Å². The summed E-state index contributed by atoms with van der Waals surface area (Å²) in [5, 5.41) is 9.05. The molecule has 3 aromatic rings. The van der Waals surface area contributed by atoms with Crippen LogP contribution in [0.4, 0.5) is 18.9 Å². The van der Waals surface area contributed by atoms with E-state index in [1.54, 1.807) is 0 Å².